The predicted octanol–water partition coefficient (Wildman–Crippen LogP) is 4.46. The summed E-state index contributed by atoms with van der Waals surface area (Å²) >= 11 is 1.70. The highest BCUT2D eigenvalue weighted by Crippen LogP contribution is 2.38. The molecule has 5 rings (SSSR count). The van der Waals surface area contributed by atoms with Crippen LogP contribution in [-0.4, -0.2) is 36.3 Å². The minimum absolute atomic E-state index is 0.276. The van der Waals surface area contributed by atoms with E-state index in [2.05, 4.69) is 39.1 Å². The Morgan fingerprint density at radius 2 is 1.76 bits per heavy atom. The normalized spacial score (nSPS) is 14.4. The Balaban J connectivity index is 1.56. The molecular weight excluding hydrogens is 384 g/mol. The first-order chi connectivity index (χ1) is 14.3. The van der Waals surface area contributed by atoms with E-state index in [9.17, 15) is 0 Å². The van der Waals surface area contributed by atoms with Gasteiger partial charge in [-0.15, -0.1) is 0 Å². The summed E-state index contributed by atoms with van der Waals surface area (Å²) in [5, 5.41) is 1.12. The lowest BCUT2D eigenvalue weighted by molar-refractivity contribution is 0.122. The fourth-order valence-electron chi connectivity index (χ4n) is 3.46. The van der Waals surface area contributed by atoms with Gasteiger partial charge in [0.05, 0.1) is 18.1 Å². The molecule has 0 aliphatic carbocycles. The van der Waals surface area contributed by atoms with Crippen LogP contribution in [0, 0.1) is 0 Å². The predicted molar refractivity (Wildman–Crippen MR) is 115 cm³/mol. The lowest BCUT2D eigenvalue weighted by Gasteiger charge is -2.29. The van der Waals surface area contributed by atoms with Gasteiger partial charge in [0.1, 0.15) is 11.8 Å². The number of hydrogen-bond donors (Lipinski definition) is 1. The zero-order valence-corrected chi connectivity index (χ0v) is 16.6. The van der Waals surface area contributed by atoms with Crippen LogP contribution in [0.2, 0.25) is 0 Å². The van der Waals surface area contributed by atoms with Gasteiger partial charge in [0.15, 0.2) is 0 Å². The van der Waals surface area contributed by atoms with E-state index in [1.165, 1.54) is 0 Å². The average molecular weight is 404 g/mol. The van der Waals surface area contributed by atoms with Crippen LogP contribution in [0.15, 0.2) is 75.3 Å². The quantitative estimate of drug-likeness (QED) is 0.538. The summed E-state index contributed by atoms with van der Waals surface area (Å²) < 4.78 is 11.2. The summed E-state index contributed by atoms with van der Waals surface area (Å²) in [4.78, 5) is 12.9. The van der Waals surface area contributed by atoms with Gasteiger partial charge in [0, 0.05) is 47.0 Å². The maximum absolute atomic E-state index is 5.71. The molecule has 0 unspecified atom stereocenters. The number of nitrogen functional groups attached to an aromatic ring is 1. The molecule has 7 heteroatoms. The fourth-order valence-corrected chi connectivity index (χ4v) is 4.45. The van der Waals surface area contributed by atoms with E-state index in [1.807, 2.05) is 24.5 Å². The lowest BCUT2D eigenvalue weighted by atomic mass is 10.1. The first-order valence-corrected chi connectivity index (χ1v) is 10.3. The second-order valence-electron chi connectivity index (χ2n) is 6.84. The van der Waals surface area contributed by atoms with Crippen LogP contribution in [0.1, 0.15) is 0 Å². The molecule has 1 saturated heterocycles. The molecule has 1 aliphatic heterocycles. The number of fused-ring (bicyclic) bond motifs is 1. The van der Waals surface area contributed by atoms with Gasteiger partial charge < -0.3 is 19.8 Å². The number of nitrogens with zero attached hydrogens (tertiary/aromatic N) is 3. The van der Waals surface area contributed by atoms with Gasteiger partial charge >= 0.3 is 0 Å². The van der Waals surface area contributed by atoms with Crippen LogP contribution in [0.5, 0.6) is 0 Å². The molecule has 2 N–H and O–H groups in total. The summed E-state index contributed by atoms with van der Waals surface area (Å²) in [6.07, 6.45) is 5.35. The number of nitrogens with two attached hydrogens (primary N) is 1. The summed E-state index contributed by atoms with van der Waals surface area (Å²) in [6.45, 7) is 3.23. The minimum Gasteiger partial charge on any atom is -0.463 e. The highest BCUT2D eigenvalue weighted by Gasteiger charge is 2.15. The van der Waals surface area contributed by atoms with Gasteiger partial charge in [-0.05, 0) is 35.9 Å². The van der Waals surface area contributed by atoms with Crippen molar-refractivity contribution in [2.24, 2.45) is 0 Å². The van der Waals surface area contributed by atoms with Gasteiger partial charge in [-0.2, -0.15) is 0 Å². The number of anilines is 2. The smallest absolute Gasteiger partial charge is 0.219 e. The van der Waals surface area contributed by atoms with Crippen molar-refractivity contribution in [2.45, 2.75) is 9.79 Å². The number of ether oxygens (including phenoxy) is 1. The number of benzene rings is 2. The number of rotatable bonds is 4. The van der Waals surface area contributed by atoms with Crippen LogP contribution in [-0.2, 0) is 4.74 Å². The van der Waals surface area contributed by atoms with Crippen molar-refractivity contribution < 1.29 is 9.15 Å². The molecule has 0 radical (unpaired) electrons. The van der Waals surface area contributed by atoms with Crippen LogP contribution in [0.4, 0.5) is 11.6 Å². The highest BCUT2D eigenvalue weighted by atomic mass is 32.2. The molecule has 29 heavy (non-hydrogen) atoms. The molecule has 0 spiro atoms. The summed E-state index contributed by atoms with van der Waals surface area (Å²) in [7, 11) is 0. The number of aromatic nitrogens is 2. The van der Waals surface area contributed by atoms with E-state index < -0.39 is 0 Å². The van der Waals surface area contributed by atoms with E-state index in [1.54, 1.807) is 24.2 Å². The monoisotopic (exact) mass is 404 g/mol. The molecule has 3 heterocycles. The molecule has 146 valence electrons. The third kappa shape index (κ3) is 3.79. The summed E-state index contributed by atoms with van der Waals surface area (Å²) in [6, 6.07) is 14.6. The number of para-hydroxylation sites is 1. The Morgan fingerprint density at radius 3 is 2.59 bits per heavy atom. The molecule has 6 nitrogen and oxygen atoms in total. The van der Waals surface area contributed by atoms with E-state index in [0.717, 1.165) is 63.9 Å². The SMILES string of the molecule is Nc1ncc(-c2cc(Sc3coc4ccccc34)cc(N3CCOCC3)c2)cn1. The van der Waals surface area contributed by atoms with E-state index in [4.69, 9.17) is 14.9 Å². The van der Waals surface area contributed by atoms with Crippen LogP contribution in [0.3, 0.4) is 0 Å². The molecule has 0 amide bonds. The second kappa shape index (κ2) is 7.77. The lowest BCUT2D eigenvalue weighted by Crippen LogP contribution is -2.36. The van der Waals surface area contributed by atoms with Crippen molar-refractivity contribution in [2.75, 3.05) is 36.9 Å². The van der Waals surface area contributed by atoms with Crippen molar-refractivity contribution in [1.29, 1.82) is 0 Å². The first-order valence-electron chi connectivity index (χ1n) is 9.46. The Labute approximate surface area is 172 Å². The van der Waals surface area contributed by atoms with Crippen molar-refractivity contribution >= 4 is 34.4 Å². The molecule has 4 aromatic rings. The minimum atomic E-state index is 0.276. The molecule has 0 saturated carbocycles. The molecule has 2 aromatic carbocycles. The van der Waals surface area contributed by atoms with Gasteiger partial charge in [0.2, 0.25) is 5.95 Å². The second-order valence-corrected chi connectivity index (χ2v) is 7.96. The Hall–Kier alpha value is -3.03. The zero-order valence-electron chi connectivity index (χ0n) is 15.7. The first kappa shape index (κ1) is 18.0. The van der Waals surface area contributed by atoms with Gasteiger partial charge in [-0.25, -0.2) is 9.97 Å². The van der Waals surface area contributed by atoms with Gasteiger partial charge in [-0.3, -0.25) is 0 Å². The number of morpholine rings is 1. The maximum atomic E-state index is 5.71. The standard InChI is InChI=1S/C22H20N4O2S/c23-22-24-12-16(13-25-22)15-9-17(26-5-7-27-8-6-26)11-18(10-15)29-21-14-28-20-4-2-1-3-19(20)21/h1-4,9-14H,5-8H2,(H2,23,24,25). The van der Waals surface area contributed by atoms with Crippen molar-refractivity contribution in [3.8, 4) is 11.1 Å². The molecule has 2 aromatic heterocycles. The molecule has 1 aliphatic rings. The molecule has 0 atom stereocenters. The van der Waals surface area contributed by atoms with Gasteiger partial charge in [0.25, 0.3) is 0 Å². The third-order valence-corrected chi connectivity index (χ3v) is 5.95. The van der Waals surface area contributed by atoms with E-state index in [-0.39, 0.29) is 5.95 Å². The van der Waals surface area contributed by atoms with Crippen molar-refractivity contribution in [3.05, 3.63) is 61.1 Å². The Kier molecular flexibility index (Phi) is 4.83. The number of hydrogen-bond acceptors (Lipinski definition) is 7. The average Bonchev–Trinajstić information content (AvgIpc) is 3.17. The van der Waals surface area contributed by atoms with Gasteiger partial charge in [-0.1, -0.05) is 23.9 Å². The van der Waals surface area contributed by atoms with Crippen LogP contribution in [0.25, 0.3) is 22.1 Å². The van der Waals surface area contributed by atoms with Crippen LogP contribution >= 0.6 is 11.8 Å². The van der Waals surface area contributed by atoms with E-state index >= 15 is 0 Å². The maximum Gasteiger partial charge on any atom is 0.219 e. The van der Waals surface area contributed by atoms with Crippen molar-refractivity contribution in [3.63, 3.8) is 0 Å². The Morgan fingerprint density at radius 1 is 0.966 bits per heavy atom. The Bertz CT molecular complexity index is 1140. The summed E-state index contributed by atoms with van der Waals surface area (Å²) in [5.41, 5.74) is 9.72. The third-order valence-electron chi connectivity index (χ3n) is 4.95. The zero-order chi connectivity index (χ0) is 19.6. The topological polar surface area (TPSA) is 77.4 Å². The highest BCUT2D eigenvalue weighted by molar-refractivity contribution is 7.99. The van der Waals surface area contributed by atoms with Crippen molar-refractivity contribution in [1.82, 2.24) is 9.97 Å². The molecule has 0 bridgehead atoms. The molecule has 1 fully saturated rings. The fraction of sp³-hybridized carbons (Fsp3) is 0.182. The number of furan rings is 1. The molecular formula is C22H20N4O2S. The van der Waals surface area contributed by atoms with Crippen LogP contribution < -0.4 is 10.6 Å². The largest absolute Gasteiger partial charge is 0.463 e. The summed E-state index contributed by atoms with van der Waals surface area (Å²) in [5.74, 6) is 0.276. The van der Waals surface area contributed by atoms with E-state index in [0.29, 0.717) is 0 Å².